The van der Waals surface area contributed by atoms with Gasteiger partial charge in [0.1, 0.15) is 0 Å². The third-order valence-electron chi connectivity index (χ3n) is 3.79. The summed E-state index contributed by atoms with van der Waals surface area (Å²) in [6, 6.07) is 0. The summed E-state index contributed by atoms with van der Waals surface area (Å²) in [7, 11) is 1.83. The zero-order valence-corrected chi connectivity index (χ0v) is 14.1. The van der Waals surface area contributed by atoms with Gasteiger partial charge >= 0.3 is 0 Å². The number of aliphatic imine (C=N–C) groups is 1. The Kier molecular flexibility index (Phi) is 7.35. The Hall–Kier alpha value is -0.770. The van der Waals surface area contributed by atoms with Gasteiger partial charge in [-0.3, -0.25) is 4.99 Å². The molecule has 0 spiro atoms. The van der Waals surface area contributed by atoms with Gasteiger partial charge in [0.15, 0.2) is 5.96 Å². The van der Waals surface area contributed by atoms with Crippen LogP contribution in [0.1, 0.15) is 53.4 Å². The molecule has 0 aromatic carbocycles. The van der Waals surface area contributed by atoms with Gasteiger partial charge in [0.2, 0.25) is 0 Å². The minimum Gasteiger partial charge on any atom is -0.356 e. The fraction of sp³-hybridized carbons (Fsp3) is 0.938. The van der Waals surface area contributed by atoms with Gasteiger partial charge in [-0.1, -0.05) is 6.92 Å². The summed E-state index contributed by atoms with van der Waals surface area (Å²) in [6.45, 7) is 13.7. The maximum Gasteiger partial charge on any atom is 0.191 e. The minimum absolute atomic E-state index is 0.0618. The molecule has 0 bridgehead atoms. The van der Waals surface area contributed by atoms with Crippen LogP contribution >= 0.6 is 0 Å². The van der Waals surface area contributed by atoms with E-state index in [2.05, 4.69) is 48.2 Å². The molecule has 20 heavy (non-hydrogen) atoms. The summed E-state index contributed by atoms with van der Waals surface area (Å²) in [4.78, 5) is 6.87. The van der Waals surface area contributed by atoms with Crippen LogP contribution in [0.15, 0.2) is 4.99 Å². The predicted octanol–water partition coefficient (Wildman–Crippen LogP) is 2.46. The van der Waals surface area contributed by atoms with E-state index in [1.807, 2.05) is 7.05 Å². The fourth-order valence-corrected chi connectivity index (χ4v) is 2.49. The van der Waals surface area contributed by atoms with Crippen molar-refractivity contribution in [3.8, 4) is 0 Å². The van der Waals surface area contributed by atoms with Crippen molar-refractivity contribution < 1.29 is 0 Å². The average Bonchev–Trinajstić information content (AvgIpc) is 2.37. The van der Waals surface area contributed by atoms with Crippen LogP contribution < -0.4 is 10.6 Å². The van der Waals surface area contributed by atoms with Crippen molar-refractivity contribution in [3.05, 3.63) is 0 Å². The Balaban J connectivity index is 2.06. The summed E-state index contributed by atoms with van der Waals surface area (Å²) < 4.78 is 0. The minimum atomic E-state index is 0.0618. The molecule has 1 fully saturated rings. The number of nitrogens with one attached hydrogen (secondary N) is 2. The van der Waals surface area contributed by atoms with Gasteiger partial charge in [0.05, 0.1) is 0 Å². The zero-order chi connectivity index (χ0) is 15.0. The molecular weight excluding hydrogens is 248 g/mol. The number of piperidine rings is 1. The molecule has 0 radical (unpaired) electrons. The van der Waals surface area contributed by atoms with Gasteiger partial charge < -0.3 is 15.5 Å². The Morgan fingerprint density at radius 1 is 1.20 bits per heavy atom. The third kappa shape index (κ3) is 7.73. The second-order valence-corrected chi connectivity index (χ2v) is 7.11. The van der Waals surface area contributed by atoms with Crippen molar-refractivity contribution in [3.63, 3.8) is 0 Å². The zero-order valence-electron chi connectivity index (χ0n) is 14.1. The number of guanidine groups is 1. The molecule has 0 saturated carbocycles. The second-order valence-electron chi connectivity index (χ2n) is 7.11. The average molecular weight is 282 g/mol. The molecule has 0 unspecified atom stereocenters. The molecule has 4 nitrogen and oxygen atoms in total. The summed E-state index contributed by atoms with van der Waals surface area (Å²) >= 11 is 0. The third-order valence-corrected chi connectivity index (χ3v) is 3.79. The van der Waals surface area contributed by atoms with Crippen LogP contribution in [-0.4, -0.2) is 49.6 Å². The SMILES string of the molecule is CN=C(NCCCCN1CCC(C)CC1)NC(C)(C)C. The molecular formula is C16H34N4. The first-order valence-corrected chi connectivity index (χ1v) is 8.12. The van der Waals surface area contributed by atoms with E-state index in [4.69, 9.17) is 0 Å². The molecule has 0 amide bonds. The lowest BCUT2D eigenvalue weighted by atomic mass is 9.99. The summed E-state index contributed by atoms with van der Waals surface area (Å²) in [5.74, 6) is 1.84. The van der Waals surface area contributed by atoms with E-state index in [0.717, 1.165) is 18.4 Å². The number of hydrogen-bond acceptors (Lipinski definition) is 2. The summed E-state index contributed by atoms with van der Waals surface area (Å²) in [5, 5.41) is 6.77. The molecule has 0 atom stereocenters. The molecule has 2 N–H and O–H groups in total. The molecule has 0 aliphatic carbocycles. The van der Waals surface area contributed by atoms with Crippen molar-refractivity contribution in [2.24, 2.45) is 10.9 Å². The van der Waals surface area contributed by atoms with E-state index >= 15 is 0 Å². The molecule has 1 saturated heterocycles. The molecule has 1 aliphatic rings. The number of rotatable bonds is 5. The summed E-state index contributed by atoms with van der Waals surface area (Å²) in [6.07, 6.45) is 5.23. The van der Waals surface area contributed by atoms with E-state index in [1.165, 1.54) is 45.3 Å². The molecule has 118 valence electrons. The van der Waals surface area contributed by atoms with Crippen LogP contribution in [0, 0.1) is 5.92 Å². The predicted molar refractivity (Wildman–Crippen MR) is 88.3 cm³/mol. The molecule has 0 aromatic heterocycles. The van der Waals surface area contributed by atoms with Gasteiger partial charge in [-0.2, -0.15) is 0 Å². The van der Waals surface area contributed by atoms with E-state index in [0.29, 0.717) is 0 Å². The first-order valence-electron chi connectivity index (χ1n) is 8.12. The first-order chi connectivity index (χ1) is 9.40. The number of hydrogen-bond donors (Lipinski definition) is 2. The largest absolute Gasteiger partial charge is 0.356 e. The van der Waals surface area contributed by atoms with E-state index in [1.54, 1.807) is 0 Å². The highest BCUT2D eigenvalue weighted by atomic mass is 15.2. The molecule has 1 heterocycles. The van der Waals surface area contributed by atoms with Gasteiger partial charge in [0, 0.05) is 19.1 Å². The highest BCUT2D eigenvalue weighted by molar-refractivity contribution is 5.80. The van der Waals surface area contributed by atoms with Crippen molar-refractivity contribution in [2.45, 2.75) is 58.9 Å². The normalized spacial score (nSPS) is 19.1. The van der Waals surface area contributed by atoms with Crippen molar-refractivity contribution in [1.29, 1.82) is 0 Å². The summed E-state index contributed by atoms with van der Waals surface area (Å²) in [5.41, 5.74) is 0.0618. The van der Waals surface area contributed by atoms with E-state index in [-0.39, 0.29) is 5.54 Å². The Morgan fingerprint density at radius 2 is 1.85 bits per heavy atom. The van der Waals surface area contributed by atoms with Crippen LogP contribution in [0.5, 0.6) is 0 Å². The van der Waals surface area contributed by atoms with Gasteiger partial charge in [0.25, 0.3) is 0 Å². The molecule has 0 aromatic rings. The molecule has 4 heteroatoms. The van der Waals surface area contributed by atoms with Crippen LogP contribution in [0.4, 0.5) is 0 Å². The first kappa shape index (κ1) is 17.3. The van der Waals surface area contributed by atoms with Gasteiger partial charge in [-0.25, -0.2) is 0 Å². The second kappa shape index (κ2) is 8.50. The smallest absolute Gasteiger partial charge is 0.191 e. The maximum atomic E-state index is 4.25. The van der Waals surface area contributed by atoms with E-state index < -0.39 is 0 Å². The lowest BCUT2D eigenvalue weighted by Gasteiger charge is -2.30. The Labute approximate surface area is 125 Å². The monoisotopic (exact) mass is 282 g/mol. The topological polar surface area (TPSA) is 39.7 Å². The lowest BCUT2D eigenvalue weighted by molar-refractivity contribution is 0.189. The van der Waals surface area contributed by atoms with Crippen molar-refractivity contribution in [1.82, 2.24) is 15.5 Å². The van der Waals surface area contributed by atoms with Crippen LogP contribution in [0.2, 0.25) is 0 Å². The van der Waals surface area contributed by atoms with Crippen molar-refractivity contribution >= 4 is 5.96 Å². The standard InChI is InChI=1S/C16H34N4/c1-14-8-12-20(13-9-14)11-7-6-10-18-15(17-5)19-16(2,3)4/h14H,6-13H2,1-5H3,(H2,17,18,19). The number of likely N-dealkylation sites (tertiary alicyclic amines) is 1. The quantitative estimate of drug-likeness (QED) is 0.462. The fourth-order valence-electron chi connectivity index (χ4n) is 2.49. The van der Waals surface area contributed by atoms with Crippen LogP contribution in [-0.2, 0) is 0 Å². The number of nitrogens with zero attached hydrogens (tertiary/aromatic N) is 2. The van der Waals surface area contributed by atoms with Crippen LogP contribution in [0.25, 0.3) is 0 Å². The Bertz CT molecular complexity index is 285. The highest BCUT2D eigenvalue weighted by Gasteiger charge is 2.15. The van der Waals surface area contributed by atoms with E-state index in [9.17, 15) is 0 Å². The highest BCUT2D eigenvalue weighted by Crippen LogP contribution is 2.15. The maximum absolute atomic E-state index is 4.25. The molecule has 1 aliphatic heterocycles. The Morgan fingerprint density at radius 3 is 2.40 bits per heavy atom. The molecule has 1 rings (SSSR count). The van der Waals surface area contributed by atoms with Gasteiger partial charge in [-0.05, 0) is 72.0 Å². The van der Waals surface area contributed by atoms with Crippen molar-refractivity contribution in [2.75, 3.05) is 33.2 Å². The van der Waals surface area contributed by atoms with Crippen LogP contribution in [0.3, 0.4) is 0 Å². The lowest BCUT2D eigenvalue weighted by Crippen LogP contribution is -2.47. The number of unbranched alkanes of at least 4 members (excludes halogenated alkanes) is 1. The van der Waals surface area contributed by atoms with Gasteiger partial charge in [-0.15, -0.1) is 0 Å².